The van der Waals surface area contributed by atoms with Gasteiger partial charge in [-0.25, -0.2) is 0 Å². The second-order valence-corrected chi connectivity index (χ2v) is 5.57. The molecule has 19 heavy (non-hydrogen) atoms. The number of hydrogen-bond acceptors (Lipinski definition) is 5. The lowest BCUT2D eigenvalue weighted by molar-refractivity contribution is 0.287. The zero-order valence-electron chi connectivity index (χ0n) is 11.2. The Morgan fingerprint density at radius 1 is 1.11 bits per heavy atom. The molecule has 0 aliphatic heterocycles. The molecule has 0 spiro atoms. The summed E-state index contributed by atoms with van der Waals surface area (Å²) in [6.45, 7) is 4.34. The van der Waals surface area contributed by atoms with Crippen LogP contribution in [0.4, 0.5) is 0 Å². The zero-order valence-corrected chi connectivity index (χ0v) is 12.0. The highest BCUT2D eigenvalue weighted by Gasteiger charge is 2.09. The van der Waals surface area contributed by atoms with Gasteiger partial charge in [0.25, 0.3) is 5.22 Å². The van der Waals surface area contributed by atoms with Gasteiger partial charge in [-0.05, 0) is 38.8 Å². The first-order valence-electron chi connectivity index (χ1n) is 6.35. The lowest BCUT2D eigenvalue weighted by Crippen LogP contribution is -1.85. The molecule has 0 saturated heterocycles. The van der Waals surface area contributed by atoms with Gasteiger partial charge in [0.2, 0.25) is 5.89 Å². The third-order valence-corrected chi connectivity index (χ3v) is 3.56. The van der Waals surface area contributed by atoms with Crippen molar-refractivity contribution in [2.75, 3.05) is 12.4 Å². The van der Waals surface area contributed by atoms with Gasteiger partial charge in [-0.2, -0.15) is 0 Å². The van der Waals surface area contributed by atoms with Crippen molar-refractivity contribution in [2.45, 2.75) is 31.9 Å². The van der Waals surface area contributed by atoms with E-state index in [2.05, 4.69) is 30.1 Å². The van der Waals surface area contributed by atoms with Gasteiger partial charge in [0.05, 0.1) is 0 Å². The van der Waals surface area contributed by atoms with Crippen LogP contribution in [0.15, 0.2) is 27.8 Å². The third-order valence-electron chi connectivity index (χ3n) is 2.65. The first-order valence-corrected chi connectivity index (χ1v) is 7.33. The van der Waals surface area contributed by atoms with Crippen LogP contribution in [0.3, 0.4) is 0 Å². The summed E-state index contributed by atoms with van der Waals surface area (Å²) >= 11 is 1.53. The molecule has 5 heteroatoms. The van der Waals surface area contributed by atoms with Crippen LogP contribution in [0.5, 0.6) is 0 Å². The second-order valence-electron chi connectivity index (χ2n) is 4.53. The Balaban J connectivity index is 2.03. The van der Waals surface area contributed by atoms with Crippen LogP contribution in [0.1, 0.15) is 24.0 Å². The van der Waals surface area contributed by atoms with E-state index >= 15 is 0 Å². The first-order chi connectivity index (χ1) is 9.19. The molecule has 0 fully saturated rings. The Labute approximate surface area is 117 Å². The zero-order chi connectivity index (χ0) is 13.7. The van der Waals surface area contributed by atoms with Crippen molar-refractivity contribution in [3.63, 3.8) is 0 Å². The minimum absolute atomic E-state index is 0.234. The van der Waals surface area contributed by atoms with Crippen molar-refractivity contribution < 1.29 is 9.52 Å². The number of nitrogens with zero attached hydrogens (tertiary/aromatic N) is 2. The SMILES string of the molecule is Cc1cc(C)cc(-c2nnc(SCCCCO)o2)c1. The average molecular weight is 278 g/mol. The predicted octanol–water partition coefficient (Wildman–Crippen LogP) is 3.22. The summed E-state index contributed by atoms with van der Waals surface area (Å²) in [7, 11) is 0. The predicted molar refractivity (Wildman–Crippen MR) is 76.3 cm³/mol. The summed E-state index contributed by atoms with van der Waals surface area (Å²) in [5.74, 6) is 1.45. The molecule has 2 aromatic rings. The molecule has 0 atom stereocenters. The highest BCUT2D eigenvalue weighted by atomic mass is 32.2. The molecule has 0 radical (unpaired) electrons. The normalized spacial score (nSPS) is 10.9. The minimum Gasteiger partial charge on any atom is -0.411 e. The van der Waals surface area contributed by atoms with Crippen LogP contribution in [-0.4, -0.2) is 27.7 Å². The molecule has 0 amide bonds. The van der Waals surface area contributed by atoms with Gasteiger partial charge in [0, 0.05) is 17.9 Å². The number of benzene rings is 1. The van der Waals surface area contributed by atoms with Gasteiger partial charge in [0.1, 0.15) is 0 Å². The summed E-state index contributed by atoms with van der Waals surface area (Å²) in [5.41, 5.74) is 3.34. The molecule has 1 N–H and O–H groups in total. The Morgan fingerprint density at radius 3 is 2.53 bits per heavy atom. The maximum Gasteiger partial charge on any atom is 0.276 e. The number of thioether (sulfide) groups is 1. The van der Waals surface area contributed by atoms with E-state index in [0.717, 1.165) is 24.2 Å². The van der Waals surface area contributed by atoms with E-state index in [1.807, 2.05) is 12.1 Å². The largest absolute Gasteiger partial charge is 0.411 e. The van der Waals surface area contributed by atoms with Gasteiger partial charge in [0.15, 0.2) is 0 Å². The van der Waals surface area contributed by atoms with Gasteiger partial charge >= 0.3 is 0 Å². The van der Waals surface area contributed by atoms with E-state index in [9.17, 15) is 0 Å². The topological polar surface area (TPSA) is 59.2 Å². The fraction of sp³-hybridized carbons (Fsp3) is 0.429. The van der Waals surface area contributed by atoms with Crippen LogP contribution >= 0.6 is 11.8 Å². The van der Waals surface area contributed by atoms with Crippen molar-refractivity contribution in [3.8, 4) is 11.5 Å². The molecule has 1 aromatic heterocycles. The molecule has 0 aliphatic carbocycles. The molecule has 0 saturated carbocycles. The van der Waals surface area contributed by atoms with Gasteiger partial charge < -0.3 is 9.52 Å². The molecule has 0 aliphatic rings. The maximum atomic E-state index is 8.71. The van der Waals surface area contributed by atoms with Crippen LogP contribution in [0.25, 0.3) is 11.5 Å². The lowest BCUT2D eigenvalue weighted by atomic mass is 10.1. The second kappa shape index (κ2) is 6.73. The van der Waals surface area contributed by atoms with E-state index in [1.165, 1.54) is 22.9 Å². The van der Waals surface area contributed by atoms with Gasteiger partial charge in [-0.3, -0.25) is 0 Å². The summed E-state index contributed by atoms with van der Waals surface area (Å²) in [6, 6.07) is 6.20. The van der Waals surface area contributed by atoms with Crippen LogP contribution < -0.4 is 0 Å². The number of aliphatic hydroxyl groups excluding tert-OH is 1. The summed E-state index contributed by atoms with van der Waals surface area (Å²) in [6.07, 6.45) is 1.76. The summed E-state index contributed by atoms with van der Waals surface area (Å²) in [5, 5.41) is 17.4. The number of unbranched alkanes of at least 4 members (excludes halogenated alkanes) is 1. The summed E-state index contributed by atoms with van der Waals surface area (Å²) < 4.78 is 5.64. The average Bonchev–Trinajstić information content (AvgIpc) is 2.82. The molecule has 2 rings (SSSR count). The quantitative estimate of drug-likeness (QED) is 0.649. The van der Waals surface area contributed by atoms with Crippen molar-refractivity contribution in [3.05, 3.63) is 29.3 Å². The fourth-order valence-corrected chi connectivity index (χ4v) is 2.62. The number of aromatic nitrogens is 2. The van der Waals surface area contributed by atoms with Crippen molar-refractivity contribution in [1.29, 1.82) is 0 Å². The van der Waals surface area contributed by atoms with E-state index in [-0.39, 0.29) is 6.61 Å². The Morgan fingerprint density at radius 2 is 1.84 bits per heavy atom. The molecular formula is C14H18N2O2S. The minimum atomic E-state index is 0.234. The van der Waals surface area contributed by atoms with Crippen LogP contribution in [0.2, 0.25) is 0 Å². The fourth-order valence-electron chi connectivity index (χ4n) is 1.86. The highest BCUT2D eigenvalue weighted by Crippen LogP contribution is 2.25. The van der Waals surface area contributed by atoms with Crippen molar-refractivity contribution >= 4 is 11.8 Å². The number of aryl methyl sites for hydroxylation is 2. The van der Waals surface area contributed by atoms with E-state index in [0.29, 0.717) is 11.1 Å². The molecule has 1 heterocycles. The summed E-state index contributed by atoms with van der Waals surface area (Å²) in [4.78, 5) is 0. The van der Waals surface area contributed by atoms with Crippen molar-refractivity contribution in [2.24, 2.45) is 0 Å². The standard InChI is InChI=1S/C14H18N2O2S/c1-10-7-11(2)9-12(8-10)13-15-16-14(18-13)19-6-4-3-5-17/h7-9,17H,3-6H2,1-2H3. The van der Waals surface area contributed by atoms with E-state index < -0.39 is 0 Å². The first kappa shape index (κ1) is 14.1. The monoisotopic (exact) mass is 278 g/mol. The molecular weight excluding hydrogens is 260 g/mol. The molecule has 1 aromatic carbocycles. The maximum absolute atomic E-state index is 8.71. The Kier molecular flexibility index (Phi) is 4.99. The van der Waals surface area contributed by atoms with Crippen LogP contribution in [0, 0.1) is 13.8 Å². The highest BCUT2D eigenvalue weighted by molar-refractivity contribution is 7.99. The smallest absolute Gasteiger partial charge is 0.276 e. The number of aliphatic hydroxyl groups is 1. The van der Waals surface area contributed by atoms with Crippen molar-refractivity contribution in [1.82, 2.24) is 10.2 Å². The van der Waals surface area contributed by atoms with Crippen LogP contribution in [-0.2, 0) is 0 Å². The number of rotatable bonds is 6. The van der Waals surface area contributed by atoms with Gasteiger partial charge in [-0.1, -0.05) is 29.0 Å². The van der Waals surface area contributed by atoms with E-state index in [1.54, 1.807) is 0 Å². The van der Waals surface area contributed by atoms with Gasteiger partial charge in [-0.15, -0.1) is 10.2 Å². The Hall–Kier alpha value is -1.33. The number of hydrogen-bond donors (Lipinski definition) is 1. The molecule has 0 unspecified atom stereocenters. The lowest BCUT2D eigenvalue weighted by Gasteiger charge is -2.00. The molecule has 102 valence electrons. The third kappa shape index (κ3) is 4.08. The Bertz CT molecular complexity index is 520. The molecule has 0 bridgehead atoms. The molecule has 4 nitrogen and oxygen atoms in total. The van der Waals surface area contributed by atoms with E-state index in [4.69, 9.17) is 9.52 Å².